The van der Waals surface area contributed by atoms with Gasteiger partial charge in [0.25, 0.3) is 0 Å². The minimum atomic E-state index is 1.18. The van der Waals surface area contributed by atoms with Crippen molar-refractivity contribution < 1.29 is 0 Å². The van der Waals surface area contributed by atoms with Crippen LogP contribution < -0.4 is 0 Å². The summed E-state index contributed by atoms with van der Waals surface area (Å²) in [7, 11) is 0. The first kappa shape index (κ1) is 9.72. The molecule has 0 radical (unpaired) electrons. The van der Waals surface area contributed by atoms with Gasteiger partial charge in [0.2, 0.25) is 0 Å². The van der Waals surface area contributed by atoms with E-state index in [9.17, 15) is 0 Å². The fraction of sp³-hybridized carbons (Fsp3) is 0.0667. The molecular formula is C15H14. The van der Waals surface area contributed by atoms with Crippen LogP contribution in [0.3, 0.4) is 0 Å². The zero-order valence-corrected chi connectivity index (χ0v) is 8.96. The number of hydrogen-bond donors (Lipinski definition) is 0. The molecule has 0 saturated heterocycles. The van der Waals surface area contributed by atoms with E-state index in [1.165, 1.54) is 27.5 Å². The van der Waals surface area contributed by atoms with Crippen LogP contribution in [-0.4, -0.2) is 0 Å². The van der Waals surface area contributed by atoms with Crippen LogP contribution in [0, 0.1) is 6.92 Å². The Hall–Kier alpha value is -1.82. The number of benzene rings is 2. The van der Waals surface area contributed by atoms with Crippen LogP contribution in [0.5, 0.6) is 0 Å². The largest absolute Gasteiger partial charge is 0.0984 e. The van der Waals surface area contributed by atoms with Crippen molar-refractivity contribution in [3.63, 3.8) is 0 Å². The second kappa shape index (κ2) is 3.74. The third-order valence-electron chi connectivity index (χ3n) is 2.78. The first-order valence-corrected chi connectivity index (χ1v) is 5.05. The van der Waals surface area contributed by atoms with Crippen LogP contribution in [-0.2, 0) is 0 Å². The standard InChI is InChI=1S/C15H14/c1-4-12-7-6-8-15-13(5-2)11(3)9-10-14(12)15/h4-10H,1-2H2,3H3. The minimum Gasteiger partial charge on any atom is -0.0984 e. The van der Waals surface area contributed by atoms with E-state index < -0.39 is 0 Å². The molecule has 0 fully saturated rings. The van der Waals surface area contributed by atoms with Crippen LogP contribution in [0.25, 0.3) is 22.9 Å². The van der Waals surface area contributed by atoms with E-state index in [2.05, 4.69) is 50.4 Å². The molecule has 0 heteroatoms. The molecule has 0 bridgehead atoms. The summed E-state index contributed by atoms with van der Waals surface area (Å²) in [4.78, 5) is 0. The van der Waals surface area contributed by atoms with E-state index in [0.29, 0.717) is 0 Å². The van der Waals surface area contributed by atoms with Gasteiger partial charge in [-0.25, -0.2) is 0 Å². The highest BCUT2D eigenvalue weighted by atomic mass is 14.1. The van der Waals surface area contributed by atoms with Crippen molar-refractivity contribution in [2.75, 3.05) is 0 Å². The molecule has 0 atom stereocenters. The van der Waals surface area contributed by atoms with Gasteiger partial charge >= 0.3 is 0 Å². The molecule has 2 rings (SSSR count). The lowest BCUT2D eigenvalue weighted by Gasteiger charge is -2.08. The predicted molar refractivity (Wildman–Crippen MR) is 68.9 cm³/mol. The molecule has 0 aliphatic carbocycles. The Balaban J connectivity index is 2.94. The van der Waals surface area contributed by atoms with E-state index >= 15 is 0 Å². The molecule has 15 heavy (non-hydrogen) atoms. The molecule has 2 aromatic rings. The molecule has 0 heterocycles. The molecule has 0 unspecified atom stereocenters. The zero-order valence-electron chi connectivity index (χ0n) is 8.96. The van der Waals surface area contributed by atoms with E-state index in [1.54, 1.807) is 0 Å². The van der Waals surface area contributed by atoms with Crippen molar-refractivity contribution in [1.29, 1.82) is 0 Å². The number of aryl methyl sites for hydroxylation is 1. The maximum Gasteiger partial charge on any atom is -0.0103 e. The Morgan fingerprint density at radius 1 is 0.933 bits per heavy atom. The van der Waals surface area contributed by atoms with Crippen LogP contribution in [0.15, 0.2) is 43.5 Å². The molecular weight excluding hydrogens is 180 g/mol. The lowest BCUT2D eigenvalue weighted by Crippen LogP contribution is -1.85. The fourth-order valence-corrected chi connectivity index (χ4v) is 1.96. The van der Waals surface area contributed by atoms with E-state index in [1.807, 2.05) is 12.2 Å². The van der Waals surface area contributed by atoms with E-state index in [0.717, 1.165) is 0 Å². The molecule has 2 aromatic carbocycles. The first-order chi connectivity index (χ1) is 7.27. The molecule has 0 amide bonds. The summed E-state index contributed by atoms with van der Waals surface area (Å²) in [6.07, 6.45) is 3.81. The summed E-state index contributed by atoms with van der Waals surface area (Å²) in [5.74, 6) is 0. The van der Waals surface area contributed by atoms with Gasteiger partial charge < -0.3 is 0 Å². The fourth-order valence-electron chi connectivity index (χ4n) is 1.96. The molecule has 74 valence electrons. The zero-order chi connectivity index (χ0) is 10.8. The maximum absolute atomic E-state index is 3.87. The first-order valence-electron chi connectivity index (χ1n) is 5.05. The number of fused-ring (bicyclic) bond motifs is 1. The van der Waals surface area contributed by atoms with Crippen molar-refractivity contribution >= 4 is 22.9 Å². The Morgan fingerprint density at radius 3 is 2.40 bits per heavy atom. The van der Waals surface area contributed by atoms with Gasteiger partial charge in [0, 0.05) is 0 Å². The third-order valence-corrected chi connectivity index (χ3v) is 2.78. The van der Waals surface area contributed by atoms with Crippen LogP contribution in [0.2, 0.25) is 0 Å². The van der Waals surface area contributed by atoms with Gasteiger partial charge in [-0.15, -0.1) is 0 Å². The quantitative estimate of drug-likeness (QED) is 0.663. The number of rotatable bonds is 2. The summed E-state index contributed by atoms with van der Waals surface area (Å²) < 4.78 is 0. The van der Waals surface area contributed by atoms with Crippen molar-refractivity contribution in [2.45, 2.75) is 6.92 Å². The second-order valence-electron chi connectivity index (χ2n) is 3.65. The lowest BCUT2D eigenvalue weighted by atomic mass is 9.96. The molecule has 0 nitrogen and oxygen atoms in total. The Labute approximate surface area is 90.6 Å². The summed E-state index contributed by atoms with van der Waals surface area (Å²) in [5, 5.41) is 2.50. The third kappa shape index (κ3) is 1.48. The molecule has 0 N–H and O–H groups in total. The van der Waals surface area contributed by atoms with Gasteiger partial charge in [0.15, 0.2) is 0 Å². The summed E-state index contributed by atoms with van der Waals surface area (Å²) in [6.45, 7) is 9.81. The lowest BCUT2D eigenvalue weighted by molar-refractivity contribution is 1.48. The Kier molecular flexibility index (Phi) is 2.42. The van der Waals surface area contributed by atoms with Gasteiger partial charge in [-0.05, 0) is 34.4 Å². The van der Waals surface area contributed by atoms with Crippen molar-refractivity contribution in [3.8, 4) is 0 Å². The maximum atomic E-state index is 3.87. The summed E-state index contributed by atoms with van der Waals surface area (Å²) >= 11 is 0. The van der Waals surface area contributed by atoms with Crippen molar-refractivity contribution in [1.82, 2.24) is 0 Å². The second-order valence-corrected chi connectivity index (χ2v) is 3.65. The summed E-state index contributed by atoms with van der Waals surface area (Å²) in [6, 6.07) is 10.6. The smallest absolute Gasteiger partial charge is 0.0103 e. The average molecular weight is 194 g/mol. The highest BCUT2D eigenvalue weighted by Crippen LogP contribution is 2.26. The van der Waals surface area contributed by atoms with Gasteiger partial charge in [0.05, 0.1) is 0 Å². The van der Waals surface area contributed by atoms with Gasteiger partial charge in [0.1, 0.15) is 0 Å². The Morgan fingerprint density at radius 2 is 1.73 bits per heavy atom. The van der Waals surface area contributed by atoms with Gasteiger partial charge in [-0.2, -0.15) is 0 Å². The van der Waals surface area contributed by atoms with Crippen LogP contribution >= 0.6 is 0 Å². The number of hydrogen-bond acceptors (Lipinski definition) is 0. The van der Waals surface area contributed by atoms with Crippen LogP contribution in [0.4, 0.5) is 0 Å². The topological polar surface area (TPSA) is 0 Å². The summed E-state index contributed by atoms with van der Waals surface area (Å²) in [5.41, 5.74) is 3.66. The average Bonchev–Trinajstić information content (AvgIpc) is 2.28. The SMILES string of the molecule is C=Cc1cccc2c(C=C)c(C)ccc12. The molecule has 0 saturated carbocycles. The molecule has 0 aliphatic heterocycles. The Bertz CT molecular complexity index is 533. The molecule has 0 aromatic heterocycles. The highest BCUT2D eigenvalue weighted by molar-refractivity contribution is 5.96. The van der Waals surface area contributed by atoms with E-state index in [-0.39, 0.29) is 0 Å². The molecule has 0 aliphatic rings. The molecule has 0 spiro atoms. The highest BCUT2D eigenvalue weighted by Gasteiger charge is 2.03. The minimum absolute atomic E-state index is 1.18. The van der Waals surface area contributed by atoms with Crippen LogP contribution in [0.1, 0.15) is 16.7 Å². The van der Waals surface area contributed by atoms with Gasteiger partial charge in [-0.3, -0.25) is 0 Å². The van der Waals surface area contributed by atoms with E-state index in [4.69, 9.17) is 0 Å². The van der Waals surface area contributed by atoms with Crippen molar-refractivity contribution in [2.24, 2.45) is 0 Å². The van der Waals surface area contributed by atoms with Crippen molar-refractivity contribution in [3.05, 3.63) is 60.2 Å². The monoisotopic (exact) mass is 194 g/mol. The predicted octanol–water partition coefficient (Wildman–Crippen LogP) is 4.43. The normalized spacial score (nSPS) is 10.2. The van der Waals surface area contributed by atoms with Gasteiger partial charge in [-0.1, -0.05) is 55.6 Å².